The van der Waals surface area contributed by atoms with Gasteiger partial charge >= 0.3 is 0 Å². The molecular weight excluding hydrogens is 262 g/mol. The number of nitrogens with two attached hydrogens (primary N) is 1. The number of amidine groups is 1. The molecule has 110 valence electrons. The van der Waals surface area contributed by atoms with Gasteiger partial charge < -0.3 is 15.8 Å². The summed E-state index contributed by atoms with van der Waals surface area (Å²) in [7, 11) is 1.82. The van der Waals surface area contributed by atoms with E-state index in [1.165, 1.54) is 0 Å². The summed E-state index contributed by atoms with van der Waals surface area (Å²) in [5.41, 5.74) is 4.99. The van der Waals surface area contributed by atoms with Crippen LogP contribution in [-0.2, 0) is 4.79 Å². The SMILES string of the molecule is CCC(CSC)N(C)C(=O)C1(C(N)=NO)CC(C)C1. The fraction of sp³-hybridized carbons (Fsp3) is 0.846. The maximum Gasteiger partial charge on any atom is 0.236 e. The lowest BCUT2D eigenvalue weighted by molar-refractivity contribution is -0.144. The zero-order valence-electron chi connectivity index (χ0n) is 12.2. The van der Waals surface area contributed by atoms with E-state index in [-0.39, 0.29) is 17.8 Å². The zero-order valence-corrected chi connectivity index (χ0v) is 13.0. The molecule has 3 N–H and O–H groups in total. The highest BCUT2D eigenvalue weighted by atomic mass is 32.2. The molecule has 1 aliphatic carbocycles. The lowest BCUT2D eigenvalue weighted by Crippen LogP contribution is -2.58. The summed E-state index contributed by atoms with van der Waals surface area (Å²) in [6.07, 6.45) is 4.28. The van der Waals surface area contributed by atoms with Gasteiger partial charge in [-0.3, -0.25) is 4.79 Å². The van der Waals surface area contributed by atoms with Gasteiger partial charge in [0.1, 0.15) is 5.41 Å². The minimum absolute atomic E-state index is 0.0122. The van der Waals surface area contributed by atoms with Gasteiger partial charge in [-0.05, 0) is 31.4 Å². The van der Waals surface area contributed by atoms with E-state index in [9.17, 15) is 4.79 Å². The van der Waals surface area contributed by atoms with Gasteiger partial charge in [-0.2, -0.15) is 11.8 Å². The molecule has 1 fully saturated rings. The van der Waals surface area contributed by atoms with Crippen molar-refractivity contribution in [2.24, 2.45) is 22.2 Å². The quantitative estimate of drug-likeness (QED) is 0.337. The highest BCUT2D eigenvalue weighted by molar-refractivity contribution is 7.98. The average Bonchev–Trinajstić information content (AvgIpc) is 2.38. The summed E-state index contributed by atoms with van der Waals surface area (Å²) >= 11 is 1.73. The summed E-state index contributed by atoms with van der Waals surface area (Å²) in [6.45, 7) is 4.15. The molecule has 1 saturated carbocycles. The van der Waals surface area contributed by atoms with Crippen LogP contribution in [0.2, 0.25) is 0 Å². The molecule has 0 saturated heterocycles. The number of rotatable bonds is 6. The molecule has 0 heterocycles. The van der Waals surface area contributed by atoms with Crippen molar-refractivity contribution in [3.05, 3.63) is 0 Å². The Hall–Kier alpha value is -0.910. The summed E-state index contributed by atoms with van der Waals surface area (Å²) in [4.78, 5) is 14.5. The van der Waals surface area contributed by atoms with Crippen LogP contribution in [0, 0.1) is 11.3 Å². The van der Waals surface area contributed by atoms with Gasteiger partial charge in [0, 0.05) is 18.8 Å². The number of carbonyl (C=O) groups excluding carboxylic acids is 1. The van der Waals surface area contributed by atoms with E-state index in [0.29, 0.717) is 18.8 Å². The van der Waals surface area contributed by atoms with Crippen LogP contribution in [0.5, 0.6) is 0 Å². The third-order valence-corrected chi connectivity index (χ3v) is 4.82. The first-order chi connectivity index (χ1) is 8.92. The Morgan fingerprint density at radius 2 is 2.21 bits per heavy atom. The molecule has 0 aromatic rings. The molecular formula is C13H25N3O2S. The van der Waals surface area contributed by atoms with E-state index in [4.69, 9.17) is 10.9 Å². The van der Waals surface area contributed by atoms with Crippen molar-refractivity contribution >= 4 is 23.5 Å². The van der Waals surface area contributed by atoms with Gasteiger partial charge in [0.05, 0.1) is 0 Å². The van der Waals surface area contributed by atoms with Crippen molar-refractivity contribution in [1.82, 2.24) is 4.90 Å². The van der Waals surface area contributed by atoms with E-state index >= 15 is 0 Å². The maximum absolute atomic E-state index is 12.7. The normalized spacial score (nSPS) is 28.6. The highest BCUT2D eigenvalue weighted by Crippen LogP contribution is 2.47. The van der Waals surface area contributed by atoms with Crippen LogP contribution in [0.3, 0.4) is 0 Å². The molecule has 5 nitrogen and oxygen atoms in total. The molecule has 1 atom stereocenters. The minimum Gasteiger partial charge on any atom is -0.409 e. The van der Waals surface area contributed by atoms with Crippen LogP contribution in [0.25, 0.3) is 0 Å². The highest BCUT2D eigenvalue weighted by Gasteiger charge is 2.53. The Labute approximate surface area is 119 Å². The standard InChI is InChI=1S/C13H25N3O2S/c1-5-10(8-19-4)16(3)12(17)13(11(14)15-18)6-9(2)7-13/h9-10,18H,5-8H2,1-4H3,(H2,14,15). The van der Waals surface area contributed by atoms with E-state index < -0.39 is 5.41 Å². The van der Waals surface area contributed by atoms with Crippen molar-refractivity contribution in [1.29, 1.82) is 0 Å². The van der Waals surface area contributed by atoms with E-state index in [0.717, 1.165) is 12.2 Å². The Morgan fingerprint density at radius 3 is 2.58 bits per heavy atom. The predicted molar refractivity (Wildman–Crippen MR) is 79.5 cm³/mol. The first-order valence-corrected chi connectivity index (χ1v) is 8.06. The van der Waals surface area contributed by atoms with Crippen LogP contribution in [-0.4, -0.2) is 46.9 Å². The van der Waals surface area contributed by atoms with Crippen LogP contribution in [0.15, 0.2) is 5.16 Å². The van der Waals surface area contributed by atoms with Crippen molar-refractivity contribution < 1.29 is 10.0 Å². The van der Waals surface area contributed by atoms with Gasteiger partial charge in [0.2, 0.25) is 5.91 Å². The first-order valence-electron chi connectivity index (χ1n) is 6.67. The lowest BCUT2D eigenvalue weighted by atomic mass is 9.61. The molecule has 1 aliphatic rings. The smallest absolute Gasteiger partial charge is 0.236 e. The van der Waals surface area contributed by atoms with Crippen molar-refractivity contribution in [2.75, 3.05) is 19.1 Å². The van der Waals surface area contributed by atoms with Gasteiger partial charge in [0.15, 0.2) is 5.84 Å². The topological polar surface area (TPSA) is 78.9 Å². The van der Waals surface area contributed by atoms with Gasteiger partial charge in [-0.1, -0.05) is 19.0 Å². The monoisotopic (exact) mass is 287 g/mol. The third kappa shape index (κ3) is 2.99. The Kier molecular flexibility index (Phi) is 5.52. The van der Waals surface area contributed by atoms with Gasteiger partial charge in [-0.15, -0.1) is 0 Å². The number of carbonyl (C=O) groups is 1. The Morgan fingerprint density at radius 1 is 1.63 bits per heavy atom. The van der Waals surface area contributed by atoms with E-state index in [2.05, 4.69) is 19.0 Å². The zero-order chi connectivity index (χ0) is 14.6. The fourth-order valence-corrected chi connectivity index (χ4v) is 3.76. The second-order valence-electron chi connectivity index (χ2n) is 5.51. The van der Waals surface area contributed by atoms with Crippen LogP contribution in [0.4, 0.5) is 0 Å². The number of hydrogen-bond donors (Lipinski definition) is 2. The lowest BCUT2D eigenvalue weighted by Gasteiger charge is -2.46. The van der Waals surface area contributed by atoms with Crippen molar-refractivity contribution in [2.45, 2.75) is 39.2 Å². The van der Waals surface area contributed by atoms with E-state index in [1.54, 1.807) is 16.7 Å². The fourth-order valence-electron chi connectivity index (χ4n) is 2.92. The van der Waals surface area contributed by atoms with Gasteiger partial charge in [0.25, 0.3) is 0 Å². The Balaban J connectivity index is 2.89. The summed E-state index contributed by atoms with van der Waals surface area (Å²) in [5.74, 6) is 1.39. The largest absolute Gasteiger partial charge is 0.409 e. The molecule has 6 heteroatoms. The third-order valence-electron chi connectivity index (χ3n) is 4.10. The summed E-state index contributed by atoms with van der Waals surface area (Å²) in [5, 5.41) is 12.0. The molecule has 1 rings (SSSR count). The van der Waals surface area contributed by atoms with Crippen LogP contribution < -0.4 is 5.73 Å². The first kappa shape index (κ1) is 16.1. The Bertz CT molecular complexity index is 354. The molecule has 1 amide bonds. The number of hydrogen-bond acceptors (Lipinski definition) is 4. The molecule has 0 radical (unpaired) electrons. The molecule has 0 aliphatic heterocycles. The molecule has 0 spiro atoms. The van der Waals surface area contributed by atoms with Crippen LogP contribution >= 0.6 is 11.8 Å². The van der Waals surface area contributed by atoms with Gasteiger partial charge in [-0.25, -0.2) is 0 Å². The predicted octanol–water partition coefficient (Wildman–Crippen LogP) is 1.75. The number of amides is 1. The summed E-state index contributed by atoms with van der Waals surface area (Å²) < 4.78 is 0. The molecule has 19 heavy (non-hydrogen) atoms. The van der Waals surface area contributed by atoms with Crippen molar-refractivity contribution in [3.8, 4) is 0 Å². The molecule has 1 unspecified atom stereocenters. The second-order valence-corrected chi connectivity index (χ2v) is 6.42. The number of nitrogens with zero attached hydrogens (tertiary/aromatic N) is 2. The number of oxime groups is 1. The second kappa shape index (κ2) is 6.50. The molecule has 0 aromatic carbocycles. The average molecular weight is 287 g/mol. The number of thioether (sulfide) groups is 1. The van der Waals surface area contributed by atoms with Crippen LogP contribution in [0.1, 0.15) is 33.1 Å². The molecule has 0 bridgehead atoms. The minimum atomic E-state index is -0.783. The van der Waals surface area contributed by atoms with Crippen molar-refractivity contribution in [3.63, 3.8) is 0 Å². The van der Waals surface area contributed by atoms with E-state index in [1.807, 2.05) is 13.3 Å². The maximum atomic E-state index is 12.7. The summed E-state index contributed by atoms with van der Waals surface area (Å²) in [6, 6.07) is 0.196. The molecule has 0 aromatic heterocycles.